The number of nitrogens with one attached hydrogen (secondary N) is 1. The first kappa shape index (κ1) is 18.7. The van der Waals surface area contributed by atoms with Crippen molar-refractivity contribution in [3.8, 4) is 5.75 Å². The third-order valence-electron chi connectivity index (χ3n) is 2.36. The van der Waals surface area contributed by atoms with Crippen molar-refractivity contribution in [1.82, 2.24) is 0 Å². The fourth-order valence-electron chi connectivity index (χ4n) is 1.53. The molecule has 0 saturated carbocycles. The van der Waals surface area contributed by atoms with Crippen LogP contribution in [-0.4, -0.2) is 14.8 Å². The Morgan fingerprint density at radius 1 is 1.17 bits per heavy atom. The standard InChI is InChI=1S/C11H5BrCl2F3NO3S2/c12-7-8(10(14)22-9(7)13)23(19,20)18-5-3-1-2-4-6(5)21-11(15,16)17/h1-4,18H. The first-order valence-corrected chi connectivity index (χ1v) is 9.37. The zero-order valence-electron chi connectivity index (χ0n) is 10.6. The smallest absolute Gasteiger partial charge is 0.404 e. The molecule has 0 amide bonds. The van der Waals surface area contributed by atoms with Crippen molar-refractivity contribution in [3.05, 3.63) is 37.4 Å². The van der Waals surface area contributed by atoms with Crippen LogP contribution in [0.2, 0.25) is 8.67 Å². The van der Waals surface area contributed by atoms with Crippen LogP contribution in [0.1, 0.15) is 0 Å². The van der Waals surface area contributed by atoms with Gasteiger partial charge in [0.25, 0.3) is 10.0 Å². The van der Waals surface area contributed by atoms with Crippen LogP contribution in [0.25, 0.3) is 0 Å². The zero-order chi connectivity index (χ0) is 17.4. The van der Waals surface area contributed by atoms with Crippen molar-refractivity contribution in [2.24, 2.45) is 0 Å². The van der Waals surface area contributed by atoms with Crippen molar-refractivity contribution in [2.45, 2.75) is 11.3 Å². The number of hydrogen-bond acceptors (Lipinski definition) is 4. The molecule has 2 rings (SSSR count). The Hall–Kier alpha value is -0.680. The molecule has 1 aromatic heterocycles. The molecule has 23 heavy (non-hydrogen) atoms. The summed E-state index contributed by atoms with van der Waals surface area (Å²) in [5.41, 5.74) is -0.393. The highest BCUT2D eigenvalue weighted by Crippen LogP contribution is 2.44. The van der Waals surface area contributed by atoms with Gasteiger partial charge in [-0.05, 0) is 28.1 Å². The summed E-state index contributed by atoms with van der Waals surface area (Å²) in [5.74, 6) is -0.697. The second-order valence-corrected chi connectivity index (χ2v) is 8.58. The maximum absolute atomic E-state index is 12.4. The van der Waals surface area contributed by atoms with E-state index in [9.17, 15) is 21.6 Å². The Morgan fingerprint density at radius 2 is 1.78 bits per heavy atom. The van der Waals surface area contributed by atoms with Gasteiger partial charge >= 0.3 is 6.36 Å². The molecule has 0 saturated heterocycles. The van der Waals surface area contributed by atoms with E-state index in [-0.39, 0.29) is 18.0 Å². The molecule has 1 aromatic carbocycles. The van der Waals surface area contributed by atoms with Gasteiger partial charge in [-0.15, -0.1) is 24.5 Å². The lowest BCUT2D eigenvalue weighted by atomic mass is 10.3. The van der Waals surface area contributed by atoms with Gasteiger partial charge < -0.3 is 4.74 Å². The van der Waals surface area contributed by atoms with Crippen molar-refractivity contribution in [2.75, 3.05) is 4.72 Å². The van der Waals surface area contributed by atoms with E-state index >= 15 is 0 Å². The third kappa shape index (κ3) is 4.44. The minimum Gasteiger partial charge on any atom is -0.404 e. The van der Waals surface area contributed by atoms with Crippen LogP contribution in [-0.2, 0) is 10.0 Å². The number of benzene rings is 1. The minimum atomic E-state index is -4.97. The van der Waals surface area contributed by atoms with Gasteiger partial charge in [-0.25, -0.2) is 8.42 Å². The summed E-state index contributed by atoms with van der Waals surface area (Å²) in [6, 6.07) is 4.71. The van der Waals surface area contributed by atoms with Gasteiger partial charge in [-0.1, -0.05) is 35.3 Å². The maximum atomic E-state index is 12.4. The van der Waals surface area contributed by atoms with Gasteiger partial charge in [-0.3, -0.25) is 4.72 Å². The molecule has 12 heteroatoms. The van der Waals surface area contributed by atoms with Crippen LogP contribution in [0.5, 0.6) is 5.75 Å². The second kappa shape index (κ2) is 6.67. The zero-order valence-corrected chi connectivity index (χ0v) is 15.3. The van der Waals surface area contributed by atoms with Crippen molar-refractivity contribution >= 4 is 66.2 Å². The van der Waals surface area contributed by atoms with Crippen LogP contribution < -0.4 is 9.46 Å². The molecule has 0 unspecified atom stereocenters. The minimum absolute atomic E-state index is 0.0240. The molecule has 0 aliphatic carbocycles. The van der Waals surface area contributed by atoms with Crippen LogP contribution >= 0.6 is 50.5 Å². The summed E-state index contributed by atoms with van der Waals surface area (Å²) < 4.78 is 67.6. The molecule has 4 nitrogen and oxygen atoms in total. The first-order chi connectivity index (χ1) is 10.5. The first-order valence-electron chi connectivity index (χ1n) is 5.52. The Bertz CT molecular complexity index is 840. The average molecular weight is 471 g/mol. The number of rotatable bonds is 4. The molecule has 1 N–H and O–H groups in total. The molecule has 0 radical (unpaired) electrons. The van der Waals surface area contributed by atoms with Gasteiger partial charge in [0.1, 0.15) is 13.6 Å². The Kier molecular flexibility index (Phi) is 5.41. The average Bonchev–Trinajstić information content (AvgIpc) is 2.64. The summed E-state index contributed by atoms with van der Waals surface area (Å²) in [6.45, 7) is 0. The van der Waals surface area contributed by atoms with E-state index in [0.717, 1.165) is 23.5 Å². The van der Waals surface area contributed by atoms with E-state index in [1.54, 1.807) is 0 Å². The lowest BCUT2D eigenvalue weighted by molar-refractivity contribution is -0.274. The second-order valence-electron chi connectivity index (χ2n) is 3.94. The lowest BCUT2D eigenvalue weighted by Crippen LogP contribution is -2.19. The largest absolute Gasteiger partial charge is 0.573 e. The highest BCUT2D eigenvalue weighted by atomic mass is 79.9. The molecule has 2 aromatic rings. The highest BCUT2D eigenvalue weighted by molar-refractivity contribution is 9.10. The molecular formula is C11H5BrCl2F3NO3S2. The third-order valence-corrected chi connectivity index (χ3v) is 7.18. The number of alkyl halides is 3. The van der Waals surface area contributed by atoms with Gasteiger partial charge in [0.05, 0.1) is 10.2 Å². The lowest BCUT2D eigenvalue weighted by Gasteiger charge is -2.14. The molecule has 0 atom stereocenters. The number of anilines is 1. The summed E-state index contributed by atoms with van der Waals surface area (Å²) in [4.78, 5) is -0.365. The van der Waals surface area contributed by atoms with E-state index < -0.39 is 27.8 Å². The van der Waals surface area contributed by atoms with Crippen LogP contribution in [0.4, 0.5) is 18.9 Å². The van der Waals surface area contributed by atoms with Crippen LogP contribution in [0.3, 0.4) is 0 Å². The van der Waals surface area contributed by atoms with E-state index in [0.29, 0.717) is 0 Å². The molecule has 0 aliphatic heterocycles. The fourth-order valence-corrected chi connectivity index (χ4v) is 6.16. The van der Waals surface area contributed by atoms with Crippen molar-refractivity contribution < 1.29 is 26.3 Å². The number of ether oxygens (including phenoxy) is 1. The van der Waals surface area contributed by atoms with E-state index in [2.05, 4.69) is 20.7 Å². The number of halogens is 6. The maximum Gasteiger partial charge on any atom is 0.573 e. The van der Waals surface area contributed by atoms with E-state index in [4.69, 9.17) is 23.2 Å². The molecule has 0 spiro atoms. The van der Waals surface area contributed by atoms with Crippen LogP contribution in [0.15, 0.2) is 33.6 Å². The molecular weight excluding hydrogens is 466 g/mol. The SMILES string of the molecule is O=S(=O)(Nc1ccccc1OC(F)(F)F)c1c(Cl)sc(Cl)c1Br. The van der Waals surface area contributed by atoms with Gasteiger partial charge in [0.2, 0.25) is 0 Å². The quantitative estimate of drug-likeness (QED) is 0.640. The molecule has 0 bridgehead atoms. The van der Waals surface area contributed by atoms with Crippen molar-refractivity contribution in [3.63, 3.8) is 0 Å². The fraction of sp³-hybridized carbons (Fsp3) is 0.0909. The molecule has 1 heterocycles. The van der Waals surface area contributed by atoms with E-state index in [1.165, 1.54) is 12.1 Å². The number of thiophene rings is 1. The Morgan fingerprint density at radius 3 is 2.30 bits per heavy atom. The normalized spacial score (nSPS) is 12.3. The topological polar surface area (TPSA) is 55.4 Å². The summed E-state index contributed by atoms with van der Waals surface area (Å²) in [7, 11) is -4.28. The molecule has 0 aliphatic rings. The number of sulfonamides is 1. The predicted molar refractivity (Wildman–Crippen MR) is 86.0 cm³/mol. The summed E-state index contributed by atoms with van der Waals surface area (Å²) in [5, 5.41) is 0. The number of para-hydroxylation sites is 2. The van der Waals surface area contributed by atoms with Gasteiger partial charge in [0, 0.05) is 0 Å². The number of hydrogen-bond donors (Lipinski definition) is 1. The molecule has 0 fully saturated rings. The van der Waals surface area contributed by atoms with Gasteiger partial charge in [0.15, 0.2) is 5.75 Å². The Balaban J connectivity index is 2.42. The van der Waals surface area contributed by atoms with E-state index in [1.807, 2.05) is 4.72 Å². The summed E-state index contributed by atoms with van der Waals surface area (Å²) >= 11 is 15.4. The van der Waals surface area contributed by atoms with Crippen LogP contribution in [0, 0.1) is 0 Å². The Labute approximate surface area is 151 Å². The van der Waals surface area contributed by atoms with Crippen molar-refractivity contribution in [1.29, 1.82) is 0 Å². The monoisotopic (exact) mass is 469 g/mol. The molecule has 126 valence electrons. The highest BCUT2D eigenvalue weighted by Gasteiger charge is 2.33. The summed E-state index contributed by atoms with van der Waals surface area (Å²) in [6.07, 6.45) is -4.97. The predicted octanol–water partition coefficient (Wildman–Crippen LogP) is 5.52. The van der Waals surface area contributed by atoms with Gasteiger partial charge in [-0.2, -0.15) is 0 Å².